The van der Waals surface area contributed by atoms with Crippen molar-refractivity contribution in [1.82, 2.24) is 24.2 Å². The Morgan fingerprint density at radius 3 is 2.42 bits per heavy atom. The molecule has 1 aliphatic carbocycles. The summed E-state index contributed by atoms with van der Waals surface area (Å²) < 4.78 is 28.6. The summed E-state index contributed by atoms with van der Waals surface area (Å²) in [5.41, 5.74) is 4.66. The number of nitrogens with one attached hydrogen (secondary N) is 2. The maximum atomic E-state index is 14.1. The second-order valence-electron chi connectivity index (χ2n) is 12.5. The van der Waals surface area contributed by atoms with E-state index in [2.05, 4.69) is 33.7 Å². The highest BCUT2D eigenvalue weighted by Crippen LogP contribution is 2.49. The van der Waals surface area contributed by atoms with Crippen molar-refractivity contribution in [1.29, 1.82) is 0 Å². The number of pyridine rings is 2. The van der Waals surface area contributed by atoms with E-state index >= 15 is 0 Å². The van der Waals surface area contributed by atoms with E-state index in [-0.39, 0.29) is 12.1 Å². The minimum absolute atomic E-state index is 0.0355. The molecule has 0 radical (unpaired) electrons. The van der Waals surface area contributed by atoms with Gasteiger partial charge < -0.3 is 20.1 Å². The molecule has 1 saturated heterocycles. The molecule has 4 aromatic rings. The van der Waals surface area contributed by atoms with Crippen LogP contribution in [-0.4, -0.2) is 71.1 Å². The van der Waals surface area contributed by atoms with Crippen molar-refractivity contribution in [3.63, 3.8) is 0 Å². The molecule has 3 aromatic heterocycles. The Kier molecular flexibility index (Phi) is 7.94. The molecule has 45 heavy (non-hydrogen) atoms. The van der Waals surface area contributed by atoms with Crippen LogP contribution in [0.3, 0.4) is 0 Å². The van der Waals surface area contributed by atoms with Crippen LogP contribution in [0, 0.1) is 20.8 Å². The van der Waals surface area contributed by atoms with E-state index in [1.54, 1.807) is 24.5 Å². The van der Waals surface area contributed by atoms with Crippen molar-refractivity contribution >= 4 is 32.7 Å². The van der Waals surface area contributed by atoms with Crippen LogP contribution in [0.15, 0.2) is 60.2 Å². The molecule has 0 spiro atoms. The zero-order valence-electron chi connectivity index (χ0n) is 26.3. The van der Waals surface area contributed by atoms with E-state index in [1.807, 2.05) is 45.0 Å². The Balaban J connectivity index is 1.43. The van der Waals surface area contributed by atoms with Crippen molar-refractivity contribution in [2.45, 2.75) is 51.3 Å². The molecule has 4 heterocycles. The topological polar surface area (TPSA) is 120 Å². The number of aromatic nitrogens is 3. The van der Waals surface area contributed by atoms with Crippen LogP contribution in [0.5, 0.6) is 0 Å². The number of nitrogens with zero attached hydrogens (tertiary/aromatic N) is 4. The number of aromatic amines is 1. The van der Waals surface area contributed by atoms with Gasteiger partial charge in [-0.15, -0.1) is 6.58 Å². The molecule has 1 aliphatic heterocycles. The summed E-state index contributed by atoms with van der Waals surface area (Å²) in [5.74, 6) is 0.486. The monoisotopic (exact) mass is 628 g/mol. The standard InChI is InChI=1S/C34H40N6O4S/c1-6-9-34(10-11-34)45(43,44)40-21-23(3)31-27(32(41)36-20-28-22(2)16-24(4)37-33(28)42)17-26(18-29(31)40)25-7-8-30(35-19-25)39-14-12-38(5)13-15-39/h6-8,16-19,21H,1,9-15,20H2,2-5H3,(H,36,41)(H,37,42). The zero-order valence-corrected chi connectivity index (χ0v) is 27.1. The van der Waals surface area contributed by atoms with Crippen molar-refractivity contribution in [3.05, 3.63) is 93.7 Å². The number of rotatable bonds is 9. The molecule has 0 atom stereocenters. The largest absolute Gasteiger partial charge is 0.354 e. The smallest absolute Gasteiger partial charge is 0.253 e. The Morgan fingerprint density at radius 2 is 1.80 bits per heavy atom. The average molecular weight is 629 g/mol. The molecule has 6 rings (SSSR count). The van der Waals surface area contributed by atoms with E-state index in [9.17, 15) is 18.0 Å². The lowest BCUT2D eigenvalue weighted by molar-refractivity contribution is 0.0952. The van der Waals surface area contributed by atoms with Crippen LogP contribution in [0.25, 0.3) is 22.0 Å². The fraction of sp³-hybridized carbons (Fsp3) is 0.382. The predicted octanol–water partition coefficient (Wildman–Crippen LogP) is 4.29. The van der Waals surface area contributed by atoms with Gasteiger partial charge in [0.15, 0.2) is 0 Å². The lowest BCUT2D eigenvalue weighted by Gasteiger charge is -2.33. The molecule has 10 nitrogen and oxygen atoms in total. The molecular formula is C34H40N6O4S. The van der Waals surface area contributed by atoms with E-state index in [0.29, 0.717) is 52.4 Å². The van der Waals surface area contributed by atoms with Gasteiger partial charge in [0.25, 0.3) is 11.5 Å². The average Bonchev–Trinajstić information content (AvgIpc) is 3.73. The number of allylic oxidation sites excluding steroid dienone is 1. The lowest BCUT2D eigenvalue weighted by atomic mass is 9.99. The number of fused-ring (bicyclic) bond motifs is 1. The summed E-state index contributed by atoms with van der Waals surface area (Å²) in [6.07, 6.45) is 6.55. The lowest BCUT2D eigenvalue weighted by Crippen LogP contribution is -2.44. The fourth-order valence-electron chi connectivity index (χ4n) is 6.39. The van der Waals surface area contributed by atoms with E-state index < -0.39 is 20.7 Å². The van der Waals surface area contributed by atoms with Gasteiger partial charge in [0.2, 0.25) is 10.0 Å². The van der Waals surface area contributed by atoms with E-state index in [1.165, 1.54) is 3.97 Å². The van der Waals surface area contributed by atoms with Crippen molar-refractivity contribution in [2.24, 2.45) is 0 Å². The Bertz CT molecular complexity index is 1960. The van der Waals surface area contributed by atoms with E-state index in [0.717, 1.165) is 48.8 Å². The van der Waals surface area contributed by atoms with Crippen LogP contribution in [0.4, 0.5) is 5.82 Å². The molecule has 1 aromatic carbocycles. The van der Waals surface area contributed by atoms with Gasteiger partial charge in [0.05, 0.1) is 10.3 Å². The Labute approximate surface area is 263 Å². The quantitative estimate of drug-likeness (QED) is 0.266. The third-order valence-corrected chi connectivity index (χ3v) is 11.8. The number of aryl methyl sites for hydroxylation is 3. The maximum absolute atomic E-state index is 14.1. The first kappa shape index (κ1) is 30.8. The summed E-state index contributed by atoms with van der Waals surface area (Å²) in [6, 6.07) is 9.43. The first-order chi connectivity index (χ1) is 21.4. The molecule has 236 valence electrons. The highest BCUT2D eigenvalue weighted by Gasteiger charge is 2.54. The number of likely N-dealkylation sites (N-methyl/N-ethyl adjacent to an activating group) is 1. The molecule has 2 fully saturated rings. The van der Waals surface area contributed by atoms with Gasteiger partial charge in [-0.2, -0.15) is 0 Å². The Morgan fingerprint density at radius 1 is 1.07 bits per heavy atom. The number of hydrogen-bond acceptors (Lipinski definition) is 7. The van der Waals surface area contributed by atoms with Crippen molar-refractivity contribution in [2.75, 3.05) is 38.1 Å². The fourth-order valence-corrected chi connectivity index (χ4v) is 8.46. The summed E-state index contributed by atoms with van der Waals surface area (Å²) in [6.45, 7) is 13.0. The van der Waals surface area contributed by atoms with Crippen molar-refractivity contribution < 1.29 is 13.2 Å². The summed E-state index contributed by atoms with van der Waals surface area (Å²) in [5, 5.41) is 3.48. The molecule has 1 saturated carbocycles. The number of carbonyl (C=O) groups excluding carboxylic acids is 1. The predicted molar refractivity (Wildman–Crippen MR) is 178 cm³/mol. The normalized spacial score (nSPS) is 16.6. The number of H-pyrrole nitrogens is 1. The maximum Gasteiger partial charge on any atom is 0.253 e. The van der Waals surface area contributed by atoms with Gasteiger partial charge in [-0.1, -0.05) is 6.08 Å². The molecule has 0 unspecified atom stereocenters. The first-order valence-corrected chi connectivity index (χ1v) is 16.8. The van der Waals surface area contributed by atoms with Crippen LogP contribution in [0.2, 0.25) is 0 Å². The third-order valence-electron chi connectivity index (χ3n) is 9.26. The SMILES string of the molecule is C=CCC1(S(=O)(=O)n2cc(C)c3c(C(=O)NCc4c(C)cc(C)[nH]c4=O)cc(-c4ccc(N5CCN(C)CC5)nc4)cc32)CC1. The molecule has 2 aliphatic rings. The van der Waals surface area contributed by atoms with Gasteiger partial charge in [-0.3, -0.25) is 9.59 Å². The van der Waals surface area contributed by atoms with Crippen LogP contribution in [0.1, 0.15) is 52.0 Å². The molecule has 2 N–H and O–H groups in total. The molecular weight excluding hydrogens is 588 g/mol. The minimum Gasteiger partial charge on any atom is -0.354 e. The molecule has 0 bridgehead atoms. The highest BCUT2D eigenvalue weighted by atomic mass is 32.2. The third kappa shape index (κ3) is 5.59. The summed E-state index contributed by atoms with van der Waals surface area (Å²) in [7, 11) is -1.68. The zero-order chi connectivity index (χ0) is 32.1. The highest BCUT2D eigenvalue weighted by molar-refractivity contribution is 7.91. The number of piperazine rings is 1. The summed E-state index contributed by atoms with van der Waals surface area (Å²) in [4.78, 5) is 38.6. The molecule has 11 heteroatoms. The van der Waals surface area contributed by atoms with Crippen LogP contribution >= 0.6 is 0 Å². The van der Waals surface area contributed by atoms with Gasteiger partial charge in [-0.05, 0) is 94.1 Å². The van der Waals surface area contributed by atoms with Gasteiger partial charge >= 0.3 is 0 Å². The second-order valence-corrected chi connectivity index (χ2v) is 14.7. The van der Waals surface area contributed by atoms with E-state index in [4.69, 9.17) is 4.98 Å². The number of hydrogen-bond donors (Lipinski definition) is 2. The minimum atomic E-state index is -3.79. The van der Waals surface area contributed by atoms with Crippen LogP contribution < -0.4 is 15.8 Å². The number of benzene rings is 1. The second kappa shape index (κ2) is 11.6. The van der Waals surface area contributed by atoms with Gasteiger partial charge in [0, 0.05) is 72.9 Å². The summed E-state index contributed by atoms with van der Waals surface area (Å²) >= 11 is 0. The van der Waals surface area contributed by atoms with Crippen LogP contribution in [-0.2, 0) is 16.6 Å². The number of anilines is 1. The molecule has 1 amide bonds. The first-order valence-electron chi connectivity index (χ1n) is 15.3. The van der Waals surface area contributed by atoms with Gasteiger partial charge in [-0.25, -0.2) is 17.4 Å². The Hall–Kier alpha value is -4.22. The number of carbonyl (C=O) groups is 1. The van der Waals surface area contributed by atoms with Crippen molar-refractivity contribution in [3.8, 4) is 11.1 Å². The number of amides is 1. The van der Waals surface area contributed by atoms with Gasteiger partial charge in [0.1, 0.15) is 5.82 Å².